The van der Waals surface area contributed by atoms with Crippen LogP contribution in [0.2, 0.25) is 0 Å². The lowest BCUT2D eigenvalue weighted by atomic mass is 10.0. The summed E-state index contributed by atoms with van der Waals surface area (Å²) in [7, 11) is 0. The van der Waals surface area contributed by atoms with Crippen LogP contribution in [-0.4, -0.2) is 25.6 Å². The van der Waals surface area contributed by atoms with Crippen molar-refractivity contribution in [2.24, 2.45) is 0 Å². The molecule has 2 aromatic heterocycles. The van der Waals surface area contributed by atoms with Gasteiger partial charge in [0.05, 0.1) is 5.56 Å². The third-order valence-electron chi connectivity index (χ3n) is 3.75. The van der Waals surface area contributed by atoms with E-state index in [0.717, 1.165) is 16.6 Å². The summed E-state index contributed by atoms with van der Waals surface area (Å²) in [6, 6.07) is 6.28. The number of aromatic hydroxyl groups is 1. The molecule has 0 saturated carbocycles. The van der Waals surface area contributed by atoms with E-state index in [9.17, 15) is 23.1 Å². The largest absolute Gasteiger partial charge is 0.505 e. The van der Waals surface area contributed by atoms with Crippen LogP contribution in [0.3, 0.4) is 0 Å². The van der Waals surface area contributed by atoms with Gasteiger partial charge in [0.15, 0.2) is 11.3 Å². The van der Waals surface area contributed by atoms with E-state index in [1.807, 2.05) is 0 Å². The van der Waals surface area contributed by atoms with Crippen molar-refractivity contribution < 1.29 is 23.1 Å². The van der Waals surface area contributed by atoms with E-state index in [4.69, 9.17) is 5.73 Å². The molecular formula is C16H12F3N4O2. The molecule has 0 atom stereocenters. The lowest BCUT2D eigenvalue weighted by Crippen LogP contribution is -2.10. The van der Waals surface area contributed by atoms with Gasteiger partial charge in [-0.15, -0.1) is 0 Å². The first-order valence-corrected chi connectivity index (χ1v) is 7.24. The Kier molecular flexibility index (Phi) is 4.07. The van der Waals surface area contributed by atoms with Crippen LogP contribution in [0.4, 0.5) is 13.2 Å². The van der Waals surface area contributed by atoms with Crippen LogP contribution in [0.25, 0.3) is 5.65 Å². The number of nitrogens with zero attached hydrogens (tertiary/aromatic N) is 3. The van der Waals surface area contributed by atoms with Crippen LogP contribution < -0.4 is 5.73 Å². The molecule has 1 amide bonds. The molecule has 3 aromatic rings. The van der Waals surface area contributed by atoms with Crippen molar-refractivity contribution in [3.05, 3.63) is 59.0 Å². The van der Waals surface area contributed by atoms with E-state index in [1.165, 1.54) is 18.5 Å². The molecule has 2 N–H and O–H groups in total. The molecule has 0 saturated heterocycles. The normalized spacial score (nSPS) is 11.8. The summed E-state index contributed by atoms with van der Waals surface area (Å²) in [5, 5.41) is 13.8. The van der Waals surface area contributed by atoms with Crippen LogP contribution >= 0.6 is 0 Å². The van der Waals surface area contributed by atoms with Gasteiger partial charge >= 0.3 is 6.18 Å². The van der Waals surface area contributed by atoms with E-state index in [0.29, 0.717) is 11.1 Å². The highest BCUT2D eigenvalue weighted by Gasteiger charge is 2.30. The number of benzene rings is 1. The molecule has 0 spiro atoms. The highest BCUT2D eigenvalue weighted by atomic mass is 19.4. The Balaban J connectivity index is 1.91. The van der Waals surface area contributed by atoms with Gasteiger partial charge in [0.1, 0.15) is 12.1 Å². The summed E-state index contributed by atoms with van der Waals surface area (Å²) >= 11 is 0. The molecule has 9 heteroatoms. The van der Waals surface area contributed by atoms with E-state index in [1.54, 1.807) is 6.07 Å². The van der Waals surface area contributed by atoms with Crippen molar-refractivity contribution in [2.45, 2.75) is 19.0 Å². The molecule has 0 aliphatic carbocycles. The van der Waals surface area contributed by atoms with Crippen LogP contribution in [0.5, 0.6) is 5.75 Å². The lowest BCUT2D eigenvalue weighted by molar-refractivity contribution is -0.137. The minimum Gasteiger partial charge on any atom is -0.505 e. The number of pyridine rings is 1. The molecule has 3 rings (SSSR count). The molecule has 0 unspecified atom stereocenters. The van der Waals surface area contributed by atoms with Crippen LogP contribution in [0.1, 0.15) is 27.2 Å². The quantitative estimate of drug-likeness (QED) is 0.784. The maximum atomic E-state index is 12.8. The molecule has 2 heterocycles. The van der Waals surface area contributed by atoms with Gasteiger partial charge < -0.3 is 5.11 Å². The number of carbonyl (C=O) groups is 1. The monoisotopic (exact) mass is 349 g/mol. The third-order valence-corrected chi connectivity index (χ3v) is 3.75. The summed E-state index contributed by atoms with van der Waals surface area (Å²) in [5.74, 6) is -1.53. The Morgan fingerprint density at radius 2 is 2.00 bits per heavy atom. The average Bonchev–Trinajstić information content (AvgIpc) is 3.00. The Hall–Kier alpha value is -3.10. The number of hydrogen-bond acceptors (Lipinski definition) is 4. The molecule has 1 radical (unpaired) electrons. The fourth-order valence-electron chi connectivity index (χ4n) is 2.61. The van der Waals surface area contributed by atoms with Crippen molar-refractivity contribution >= 4 is 11.6 Å². The smallest absolute Gasteiger partial charge is 0.416 e. The summed E-state index contributed by atoms with van der Waals surface area (Å²) in [4.78, 5) is 15.3. The second-order valence-electron chi connectivity index (χ2n) is 5.43. The Morgan fingerprint density at radius 1 is 1.24 bits per heavy atom. The van der Waals surface area contributed by atoms with Crippen molar-refractivity contribution in [3.63, 3.8) is 0 Å². The molecule has 0 aliphatic heterocycles. The molecule has 0 bridgehead atoms. The first kappa shape index (κ1) is 16.7. The summed E-state index contributed by atoms with van der Waals surface area (Å²) in [5.41, 5.74) is 7.41. The molecule has 0 fully saturated rings. The number of nitrogens with one attached hydrogen (secondary N) is 1. The van der Waals surface area contributed by atoms with Gasteiger partial charge in [0.2, 0.25) is 0 Å². The van der Waals surface area contributed by atoms with E-state index >= 15 is 0 Å². The SMILES string of the molecule is [NH]C(=O)c1c(O)cc(CCc2cccc(C(F)(F)F)c2)c2ncnn12. The zero-order chi connectivity index (χ0) is 18.2. The number of halogens is 3. The second-order valence-corrected chi connectivity index (χ2v) is 5.43. The molecule has 6 nitrogen and oxygen atoms in total. The number of hydrogen-bond donors (Lipinski definition) is 1. The maximum Gasteiger partial charge on any atom is 0.416 e. The van der Waals surface area contributed by atoms with E-state index in [-0.39, 0.29) is 24.2 Å². The number of aromatic nitrogens is 3. The first-order chi connectivity index (χ1) is 11.8. The zero-order valence-electron chi connectivity index (χ0n) is 12.7. The van der Waals surface area contributed by atoms with Crippen molar-refractivity contribution in [1.82, 2.24) is 20.3 Å². The molecule has 129 valence electrons. The van der Waals surface area contributed by atoms with Gasteiger partial charge in [-0.1, -0.05) is 18.2 Å². The fraction of sp³-hybridized carbons (Fsp3) is 0.188. The predicted molar refractivity (Wildman–Crippen MR) is 80.9 cm³/mol. The van der Waals surface area contributed by atoms with E-state index in [2.05, 4.69) is 10.1 Å². The molecule has 1 aromatic carbocycles. The van der Waals surface area contributed by atoms with Crippen molar-refractivity contribution in [2.75, 3.05) is 0 Å². The first-order valence-electron chi connectivity index (χ1n) is 7.24. The zero-order valence-corrected chi connectivity index (χ0v) is 12.7. The Labute approximate surface area is 139 Å². The number of amides is 1. The van der Waals surface area contributed by atoms with Gasteiger partial charge in [0.25, 0.3) is 5.91 Å². The topological polar surface area (TPSA) is 91.3 Å². The number of aryl methyl sites for hydroxylation is 2. The van der Waals surface area contributed by atoms with Gasteiger partial charge in [-0.3, -0.25) is 10.5 Å². The maximum absolute atomic E-state index is 12.8. The molecular weight excluding hydrogens is 337 g/mol. The standard InChI is InChI=1S/C16H12F3N4O2/c17-16(18,19)11-3-1-2-9(6-11)4-5-10-7-12(24)13(14(20)25)23-15(10)21-8-22-23/h1-3,6-8,20,24H,4-5H2. The van der Waals surface area contributed by atoms with Gasteiger partial charge in [0, 0.05) is 5.56 Å². The second kappa shape index (κ2) is 6.08. The highest BCUT2D eigenvalue weighted by molar-refractivity contribution is 5.94. The minimum atomic E-state index is -4.41. The summed E-state index contributed by atoms with van der Waals surface area (Å²) in [6.45, 7) is 0. The van der Waals surface area contributed by atoms with Gasteiger partial charge in [-0.05, 0) is 30.5 Å². The lowest BCUT2D eigenvalue weighted by Gasteiger charge is -2.10. The van der Waals surface area contributed by atoms with Crippen molar-refractivity contribution in [3.8, 4) is 5.75 Å². The Morgan fingerprint density at radius 3 is 2.68 bits per heavy atom. The van der Waals surface area contributed by atoms with Gasteiger partial charge in [-0.25, -0.2) is 9.50 Å². The molecule has 25 heavy (non-hydrogen) atoms. The third kappa shape index (κ3) is 3.25. The predicted octanol–water partition coefficient (Wildman–Crippen LogP) is 2.66. The fourth-order valence-corrected chi connectivity index (χ4v) is 2.61. The number of fused-ring (bicyclic) bond motifs is 1. The highest BCUT2D eigenvalue weighted by Crippen LogP contribution is 2.30. The minimum absolute atomic E-state index is 0.278. The van der Waals surface area contributed by atoms with Crippen molar-refractivity contribution in [1.29, 1.82) is 0 Å². The summed E-state index contributed by atoms with van der Waals surface area (Å²) < 4.78 is 39.4. The number of alkyl halides is 3. The van der Waals surface area contributed by atoms with Crippen LogP contribution in [-0.2, 0) is 19.0 Å². The van der Waals surface area contributed by atoms with E-state index < -0.39 is 23.4 Å². The number of carbonyl (C=O) groups excluding carboxylic acids is 1. The average molecular weight is 349 g/mol. The van der Waals surface area contributed by atoms with Crippen LogP contribution in [0.15, 0.2) is 36.7 Å². The number of rotatable bonds is 4. The van der Waals surface area contributed by atoms with Crippen LogP contribution in [0, 0.1) is 0 Å². The Bertz CT molecular complexity index is 950. The summed E-state index contributed by atoms with van der Waals surface area (Å²) in [6.07, 6.45) is -2.68. The molecule has 0 aliphatic rings. The van der Waals surface area contributed by atoms with Gasteiger partial charge in [-0.2, -0.15) is 18.3 Å².